The van der Waals surface area contributed by atoms with Gasteiger partial charge in [0.25, 0.3) is 0 Å². The van der Waals surface area contributed by atoms with Crippen LogP contribution in [-0.2, 0) is 0 Å². The van der Waals surface area contributed by atoms with E-state index in [-0.39, 0.29) is 11.4 Å². The van der Waals surface area contributed by atoms with Crippen LogP contribution in [0.25, 0.3) is 11.1 Å². The second kappa shape index (κ2) is 4.84. The minimum absolute atomic E-state index is 0.288. The van der Waals surface area contributed by atoms with E-state index in [1.807, 2.05) is 13.0 Å². The first-order chi connectivity index (χ1) is 8.90. The van der Waals surface area contributed by atoms with E-state index in [9.17, 15) is 9.18 Å². The Labute approximate surface area is 111 Å². The number of carbonyl (C=O) groups is 1. The molecule has 0 aliphatic rings. The number of carboxylic acid groups (broad SMARTS) is 1. The van der Waals surface area contributed by atoms with Crippen molar-refractivity contribution in [2.75, 3.05) is 0 Å². The van der Waals surface area contributed by atoms with Gasteiger partial charge in [-0.05, 0) is 49.1 Å². The average molecular weight is 258 g/mol. The van der Waals surface area contributed by atoms with Gasteiger partial charge in [0.05, 0.1) is 5.56 Å². The van der Waals surface area contributed by atoms with Crippen LogP contribution in [0.5, 0.6) is 0 Å². The van der Waals surface area contributed by atoms with Gasteiger partial charge in [0.15, 0.2) is 0 Å². The summed E-state index contributed by atoms with van der Waals surface area (Å²) in [7, 11) is 0. The van der Waals surface area contributed by atoms with Crippen LogP contribution in [0, 0.1) is 26.6 Å². The summed E-state index contributed by atoms with van der Waals surface area (Å²) >= 11 is 0. The lowest BCUT2D eigenvalue weighted by molar-refractivity contribution is 0.0695. The Balaban J connectivity index is 2.61. The highest BCUT2D eigenvalue weighted by Gasteiger charge is 2.14. The second-order valence-electron chi connectivity index (χ2n) is 4.77. The molecule has 0 amide bonds. The normalized spacial score (nSPS) is 10.5. The maximum absolute atomic E-state index is 13.9. The van der Waals surface area contributed by atoms with E-state index in [0.29, 0.717) is 22.3 Å². The number of hydrogen-bond acceptors (Lipinski definition) is 1. The molecule has 2 nitrogen and oxygen atoms in total. The summed E-state index contributed by atoms with van der Waals surface area (Å²) in [6.45, 7) is 5.29. The highest BCUT2D eigenvalue weighted by Crippen LogP contribution is 2.28. The van der Waals surface area contributed by atoms with Crippen molar-refractivity contribution >= 4 is 5.97 Å². The van der Waals surface area contributed by atoms with E-state index in [4.69, 9.17) is 5.11 Å². The number of aryl methyl sites for hydroxylation is 3. The Morgan fingerprint density at radius 2 is 1.63 bits per heavy atom. The molecule has 1 N–H and O–H groups in total. The Bertz CT molecular complexity index is 637. The van der Waals surface area contributed by atoms with Crippen molar-refractivity contribution in [3.8, 4) is 11.1 Å². The molecule has 2 aromatic carbocycles. The van der Waals surface area contributed by atoms with Gasteiger partial charge in [-0.15, -0.1) is 0 Å². The summed E-state index contributed by atoms with van der Waals surface area (Å²) in [6.07, 6.45) is 0. The lowest BCUT2D eigenvalue weighted by Crippen LogP contribution is -2.03. The first-order valence-electron chi connectivity index (χ1n) is 6.01. The summed E-state index contributed by atoms with van der Waals surface area (Å²) in [4.78, 5) is 11.1. The molecule has 0 saturated carbocycles. The van der Waals surface area contributed by atoms with E-state index in [1.54, 1.807) is 32.0 Å². The largest absolute Gasteiger partial charge is 0.478 e. The third-order valence-corrected chi connectivity index (χ3v) is 3.18. The average Bonchev–Trinajstić information content (AvgIpc) is 2.26. The van der Waals surface area contributed by atoms with E-state index >= 15 is 0 Å². The van der Waals surface area contributed by atoms with Crippen LogP contribution in [0.2, 0.25) is 0 Å². The molecule has 0 radical (unpaired) electrons. The van der Waals surface area contributed by atoms with Gasteiger partial charge in [0.2, 0.25) is 0 Å². The summed E-state index contributed by atoms with van der Waals surface area (Å²) in [5.41, 5.74) is 3.63. The van der Waals surface area contributed by atoms with E-state index in [1.165, 1.54) is 6.07 Å². The van der Waals surface area contributed by atoms with Gasteiger partial charge < -0.3 is 5.11 Å². The number of aromatic carboxylic acids is 1. The van der Waals surface area contributed by atoms with Crippen LogP contribution in [0.1, 0.15) is 27.0 Å². The summed E-state index contributed by atoms with van der Waals surface area (Å²) < 4.78 is 13.9. The fourth-order valence-electron chi connectivity index (χ4n) is 2.31. The fourth-order valence-corrected chi connectivity index (χ4v) is 2.31. The Morgan fingerprint density at radius 3 is 2.11 bits per heavy atom. The van der Waals surface area contributed by atoms with Crippen molar-refractivity contribution in [3.05, 3.63) is 58.4 Å². The van der Waals surface area contributed by atoms with Gasteiger partial charge in [-0.3, -0.25) is 0 Å². The van der Waals surface area contributed by atoms with Crippen LogP contribution < -0.4 is 0 Å². The molecular formula is C16H15FO2. The molecule has 0 saturated heterocycles. The third-order valence-electron chi connectivity index (χ3n) is 3.18. The van der Waals surface area contributed by atoms with Crippen molar-refractivity contribution in [3.63, 3.8) is 0 Å². The third kappa shape index (κ3) is 2.50. The highest BCUT2D eigenvalue weighted by molar-refractivity contribution is 5.92. The van der Waals surface area contributed by atoms with Crippen molar-refractivity contribution < 1.29 is 14.3 Å². The highest BCUT2D eigenvalue weighted by atomic mass is 19.1. The molecule has 0 atom stereocenters. The van der Waals surface area contributed by atoms with E-state index in [0.717, 1.165) is 5.56 Å². The maximum atomic E-state index is 13.9. The molecule has 0 unspecified atom stereocenters. The lowest BCUT2D eigenvalue weighted by Gasteiger charge is -2.10. The zero-order chi connectivity index (χ0) is 14.2. The molecule has 2 rings (SSSR count). The molecular weight excluding hydrogens is 243 g/mol. The van der Waals surface area contributed by atoms with E-state index in [2.05, 4.69) is 0 Å². The molecule has 0 spiro atoms. The van der Waals surface area contributed by atoms with Crippen LogP contribution in [0.3, 0.4) is 0 Å². The van der Waals surface area contributed by atoms with Gasteiger partial charge in [-0.1, -0.05) is 24.3 Å². The quantitative estimate of drug-likeness (QED) is 0.879. The fraction of sp³-hybridized carbons (Fsp3) is 0.188. The van der Waals surface area contributed by atoms with Crippen LogP contribution in [0.15, 0.2) is 30.3 Å². The maximum Gasteiger partial charge on any atom is 0.336 e. The standard InChI is InChI=1S/C16H15FO2/c1-9-4-5-13(14(17)6-9)12-7-10(2)15(16(18)19)11(3)8-12/h4-8H,1-3H3,(H,18,19). The topological polar surface area (TPSA) is 37.3 Å². The summed E-state index contributed by atoms with van der Waals surface area (Å²) in [5.74, 6) is -1.24. The lowest BCUT2D eigenvalue weighted by atomic mass is 9.95. The van der Waals surface area contributed by atoms with Gasteiger partial charge in [-0.25, -0.2) is 9.18 Å². The number of hydrogen-bond donors (Lipinski definition) is 1. The Kier molecular flexibility index (Phi) is 3.38. The predicted molar refractivity (Wildman–Crippen MR) is 73.0 cm³/mol. The molecule has 98 valence electrons. The molecule has 2 aromatic rings. The number of benzene rings is 2. The minimum atomic E-state index is -0.953. The summed E-state index contributed by atoms with van der Waals surface area (Å²) in [5, 5.41) is 9.12. The van der Waals surface area contributed by atoms with Gasteiger partial charge in [0, 0.05) is 5.56 Å². The van der Waals surface area contributed by atoms with Crippen LogP contribution in [-0.4, -0.2) is 11.1 Å². The van der Waals surface area contributed by atoms with Crippen LogP contribution in [0.4, 0.5) is 4.39 Å². The Hall–Kier alpha value is -2.16. The Morgan fingerprint density at radius 1 is 1.05 bits per heavy atom. The second-order valence-corrected chi connectivity index (χ2v) is 4.77. The number of halogens is 1. The van der Waals surface area contributed by atoms with Crippen molar-refractivity contribution in [2.45, 2.75) is 20.8 Å². The first-order valence-corrected chi connectivity index (χ1v) is 6.01. The molecule has 0 fully saturated rings. The molecule has 0 aliphatic heterocycles. The monoisotopic (exact) mass is 258 g/mol. The van der Waals surface area contributed by atoms with Crippen molar-refractivity contribution in [1.29, 1.82) is 0 Å². The van der Waals surface area contributed by atoms with Gasteiger partial charge in [0.1, 0.15) is 5.82 Å². The molecule has 0 aromatic heterocycles. The molecule has 0 aliphatic carbocycles. The first kappa shape index (κ1) is 13.3. The predicted octanol–water partition coefficient (Wildman–Crippen LogP) is 4.12. The SMILES string of the molecule is Cc1ccc(-c2cc(C)c(C(=O)O)c(C)c2)c(F)c1. The van der Waals surface area contributed by atoms with Gasteiger partial charge in [-0.2, -0.15) is 0 Å². The molecule has 3 heteroatoms. The summed E-state index contributed by atoms with van der Waals surface area (Å²) in [6, 6.07) is 8.47. The van der Waals surface area contributed by atoms with Crippen molar-refractivity contribution in [2.24, 2.45) is 0 Å². The van der Waals surface area contributed by atoms with Gasteiger partial charge >= 0.3 is 5.97 Å². The number of rotatable bonds is 2. The molecule has 0 bridgehead atoms. The zero-order valence-corrected chi connectivity index (χ0v) is 11.1. The minimum Gasteiger partial charge on any atom is -0.478 e. The van der Waals surface area contributed by atoms with Crippen molar-refractivity contribution in [1.82, 2.24) is 0 Å². The molecule has 19 heavy (non-hydrogen) atoms. The van der Waals surface area contributed by atoms with E-state index < -0.39 is 5.97 Å². The number of carboxylic acids is 1. The van der Waals surface area contributed by atoms with Crippen LogP contribution >= 0.6 is 0 Å². The smallest absolute Gasteiger partial charge is 0.336 e. The zero-order valence-electron chi connectivity index (χ0n) is 11.1. The molecule has 0 heterocycles.